The van der Waals surface area contributed by atoms with Crippen LogP contribution in [0.2, 0.25) is 0 Å². The molecule has 1 atom stereocenters. The number of carbonyl (C=O) groups is 1. The van der Waals surface area contributed by atoms with Gasteiger partial charge in [-0.25, -0.2) is 0 Å². The SMILES string of the molecule is CC(O)(CC(=O)O)Cc1ccc(C2CCCCC2)cc1. The van der Waals surface area contributed by atoms with E-state index in [-0.39, 0.29) is 6.42 Å². The van der Waals surface area contributed by atoms with Gasteiger partial charge in [0.1, 0.15) is 0 Å². The Balaban J connectivity index is 1.99. The Morgan fingerprint density at radius 3 is 2.35 bits per heavy atom. The molecule has 110 valence electrons. The molecule has 0 spiro atoms. The Morgan fingerprint density at radius 1 is 1.20 bits per heavy atom. The summed E-state index contributed by atoms with van der Waals surface area (Å²) in [6.07, 6.45) is 6.69. The summed E-state index contributed by atoms with van der Waals surface area (Å²) in [5.74, 6) is -0.286. The van der Waals surface area contributed by atoms with Gasteiger partial charge in [-0.15, -0.1) is 0 Å². The van der Waals surface area contributed by atoms with Crippen molar-refractivity contribution in [1.82, 2.24) is 0 Å². The standard InChI is InChI=1S/C17H24O3/c1-17(20,12-16(18)19)11-13-7-9-15(10-8-13)14-5-3-2-4-6-14/h7-10,14,20H,2-6,11-12H2,1H3,(H,18,19). The van der Waals surface area contributed by atoms with Crippen LogP contribution in [0.1, 0.15) is 62.5 Å². The van der Waals surface area contributed by atoms with Gasteiger partial charge < -0.3 is 10.2 Å². The van der Waals surface area contributed by atoms with Crippen molar-refractivity contribution in [3.8, 4) is 0 Å². The molecule has 1 aliphatic rings. The molecule has 1 aliphatic carbocycles. The minimum Gasteiger partial charge on any atom is -0.481 e. The largest absolute Gasteiger partial charge is 0.481 e. The maximum atomic E-state index is 10.7. The van der Waals surface area contributed by atoms with Crippen LogP contribution in [-0.4, -0.2) is 21.8 Å². The average molecular weight is 276 g/mol. The van der Waals surface area contributed by atoms with Crippen molar-refractivity contribution in [3.63, 3.8) is 0 Å². The van der Waals surface area contributed by atoms with Gasteiger partial charge in [0.25, 0.3) is 0 Å². The van der Waals surface area contributed by atoms with E-state index in [1.54, 1.807) is 6.92 Å². The normalized spacial score (nSPS) is 19.5. The molecule has 2 rings (SSSR count). The summed E-state index contributed by atoms with van der Waals surface area (Å²) >= 11 is 0. The second-order valence-corrected chi connectivity index (χ2v) is 6.32. The van der Waals surface area contributed by atoms with Crippen molar-refractivity contribution in [1.29, 1.82) is 0 Å². The van der Waals surface area contributed by atoms with Crippen LogP contribution in [0, 0.1) is 0 Å². The first-order valence-corrected chi connectivity index (χ1v) is 7.49. The van der Waals surface area contributed by atoms with Crippen molar-refractivity contribution in [2.45, 2.75) is 63.4 Å². The second kappa shape index (κ2) is 6.40. The molecule has 0 bridgehead atoms. The van der Waals surface area contributed by atoms with E-state index in [1.165, 1.54) is 37.7 Å². The molecule has 20 heavy (non-hydrogen) atoms. The predicted octanol–water partition coefficient (Wildman–Crippen LogP) is 3.50. The molecule has 0 aliphatic heterocycles. The predicted molar refractivity (Wildman–Crippen MR) is 78.8 cm³/mol. The van der Waals surface area contributed by atoms with Crippen molar-refractivity contribution < 1.29 is 15.0 Å². The van der Waals surface area contributed by atoms with E-state index in [0.29, 0.717) is 12.3 Å². The van der Waals surface area contributed by atoms with E-state index in [9.17, 15) is 9.90 Å². The molecule has 1 saturated carbocycles. The molecule has 3 nitrogen and oxygen atoms in total. The summed E-state index contributed by atoms with van der Waals surface area (Å²) in [5.41, 5.74) is 1.19. The van der Waals surface area contributed by atoms with Gasteiger partial charge in [-0.2, -0.15) is 0 Å². The summed E-state index contributed by atoms with van der Waals surface area (Å²) in [4.78, 5) is 10.7. The van der Waals surface area contributed by atoms with Crippen LogP contribution in [0.3, 0.4) is 0 Å². The number of hydrogen-bond acceptors (Lipinski definition) is 2. The highest BCUT2D eigenvalue weighted by atomic mass is 16.4. The third-order valence-corrected chi connectivity index (χ3v) is 4.17. The summed E-state index contributed by atoms with van der Waals surface area (Å²) in [5, 5.41) is 18.9. The smallest absolute Gasteiger partial charge is 0.306 e. The van der Waals surface area contributed by atoms with Gasteiger partial charge in [-0.1, -0.05) is 43.5 Å². The van der Waals surface area contributed by atoms with Crippen molar-refractivity contribution in [2.75, 3.05) is 0 Å². The summed E-state index contributed by atoms with van der Waals surface area (Å²) in [7, 11) is 0. The van der Waals surface area contributed by atoms with Crippen LogP contribution < -0.4 is 0 Å². The first-order chi connectivity index (χ1) is 9.46. The molecule has 2 N–H and O–H groups in total. The molecule has 1 fully saturated rings. The van der Waals surface area contributed by atoms with E-state index in [2.05, 4.69) is 12.1 Å². The zero-order valence-electron chi connectivity index (χ0n) is 12.1. The number of carboxylic acids is 1. The molecular weight excluding hydrogens is 252 g/mol. The van der Waals surface area contributed by atoms with Gasteiger partial charge in [0, 0.05) is 6.42 Å². The van der Waals surface area contributed by atoms with Crippen LogP contribution in [0.15, 0.2) is 24.3 Å². The monoisotopic (exact) mass is 276 g/mol. The fraction of sp³-hybridized carbons (Fsp3) is 0.588. The zero-order valence-corrected chi connectivity index (χ0v) is 12.1. The van der Waals surface area contributed by atoms with E-state index in [4.69, 9.17) is 5.11 Å². The molecular formula is C17H24O3. The highest BCUT2D eigenvalue weighted by Gasteiger charge is 2.24. The Hall–Kier alpha value is -1.35. The molecule has 0 aromatic heterocycles. The summed E-state index contributed by atoms with van der Waals surface area (Å²) in [6, 6.07) is 8.34. The van der Waals surface area contributed by atoms with Crippen LogP contribution in [0.25, 0.3) is 0 Å². The van der Waals surface area contributed by atoms with E-state index >= 15 is 0 Å². The van der Waals surface area contributed by atoms with Crippen LogP contribution in [-0.2, 0) is 11.2 Å². The Kier molecular flexibility index (Phi) is 4.81. The van der Waals surface area contributed by atoms with Crippen molar-refractivity contribution >= 4 is 5.97 Å². The fourth-order valence-electron chi connectivity index (χ4n) is 3.17. The van der Waals surface area contributed by atoms with E-state index < -0.39 is 11.6 Å². The van der Waals surface area contributed by atoms with Gasteiger partial charge in [0.15, 0.2) is 0 Å². The maximum Gasteiger partial charge on any atom is 0.306 e. The molecule has 1 aromatic rings. The first-order valence-electron chi connectivity index (χ1n) is 7.49. The van der Waals surface area contributed by atoms with Crippen molar-refractivity contribution in [2.24, 2.45) is 0 Å². The molecule has 3 heteroatoms. The summed E-state index contributed by atoms with van der Waals surface area (Å²) in [6.45, 7) is 1.58. The molecule has 0 amide bonds. The Morgan fingerprint density at radius 2 is 1.80 bits per heavy atom. The lowest BCUT2D eigenvalue weighted by molar-refractivity contribution is -0.141. The van der Waals surface area contributed by atoms with Crippen LogP contribution in [0.4, 0.5) is 0 Å². The number of rotatable bonds is 5. The molecule has 1 aromatic carbocycles. The topological polar surface area (TPSA) is 57.5 Å². The fourth-order valence-corrected chi connectivity index (χ4v) is 3.17. The highest BCUT2D eigenvalue weighted by molar-refractivity contribution is 5.68. The zero-order chi connectivity index (χ0) is 14.6. The van der Waals surface area contributed by atoms with Crippen LogP contribution >= 0.6 is 0 Å². The van der Waals surface area contributed by atoms with Crippen molar-refractivity contribution in [3.05, 3.63) is 35.4 Å². The van der Waals surface area contributed by atoms with Crippen LogP contribution in [0.5, 0.6) is 0 Å². The number of benzene rings is 1. The molecule has 0 radical (unpaired) electrons. The molecule has 1 unspecified atom stereocenters. The maximum absolute atomic E-state index is 10.7. The average Bonchev–Trinajstić information content (AvgIpc) is 2.38. The van der Waals surface area contributed by atoms with Gasteiger partial charge in [-0.05, 0) is 36.8 Å². The minimum absolute atomic E-state index is 0.225. The molecule has 0 heterocycles. The number of hydrogen-bond donors (Lipinski definition) is 2. The third-order valence-electron chi connectivity index (χ3n) is 4.17. The highest BCUT2D eigenvalue weighted by Crippen LogP contribution is 2.32. The lowest BCUT2D eigenvalue weighted by Gasteiger charge is -2.23. The first kappa shape index (κ1) is 15.0. The number of carboxylic acid groups (broad SMARTS) is 1. The Labute approximate surface area is 120 Å². The lowest BCUT2D eigenvalue weighted by atomic mass is 9.83. The Bertz CT molecular complexity index is 442. The van der Waals surface area contributed by atoms with E-state index in [0.717, 1.165) is 5.56 Å². The lowest BCUT2D eigenvalue weighted by Crippen LogP contribution is -2.30. The number of aliphatic carboxylic acids is 1. The summed E-state index contributed by atoms with van der Waals surface area (Å²) < 4.78 is 0. The van der Waals surface area contributed by atoms with Gasteiger partial charge in [0.2, 0.25) is 0 Å². The molecule has 0 saturated heterocycles. The minimum atomic E-state index is -1.18. The quantitative estimate of drug-likeness (QED) is 0.865. The number of aliphatic hydroxyl groups is 1. The second-order valence-electron chi connectivity index (χ2n) is 6.32. The van der Waals surface area contributed by atoms with Gasteiger partial charge in [-0.3, -0.25) is 4.79 Å². The van der Waals surface area contributed by atoms with Gasteiger partial charge >= 0.3 is 5.97 Å². The van der Waals surface area contributed by atoms with E-state index in [1.807, 2.05) is 12.1 Å². The third kappa shape index (κ3) is 4.34. The van der Waals surface area contributed by atoms with Gasteiger partial charge in [0.05, 0.1) is 12.0 Å².